The molecule has 1 N–H and O–H groups in total. The number of nitrogens with one attached hydrogen (secondary N) is 1. The average Bonchev–Trinajstić information content (AvgIpc) is 2.39. The van der Waals surface area contributed by atoms with Crippen LogP contribution in [-0.4, -0.2) is 13.6 Å². The largest absolute Gasteiger partial charge is 0.319 e. The van der Waals surface area contributed by atoms with Crippen LogP contribution in [0.2, 0.25) is 0 Å². The molecule has 1 aromatic rings. The molecular weight excluding hydrogens is 249 g/mol. The van der Waals surface area contributed by atoms with Gasteiger partial charge < -0.3 is 5.32 Å². The molecule has 1 aliphatic rings. The zero-order valence-corrected chi connectivity index (χ0v) is 13.2. The van der Waals surface area contributed by atoms with E-state index in [1.54, 1.807) is 12.1 Å². The van der Waals surface area contributed by atoms with E-state index in [2.05, 4.69) is 26.1 Å². The molecule has 0 aromatic heterocycles. The monoisotopic (exact) mass is 277 g/mol. The summed E-state index contributed by atoms with van der Waals surface area (Å²) in [5, 5.41) is 3.33. The first-order valence-electron chi connectivity index (χ1n) is 7.82. The molecule has 0 heterocycles. The molecule has 2 rings (SSSR count). The quantitative estimate of drug-likeness (QED) is 0.852. The standard InChI is InChI=1S/C18H28FN/c1-18(2,3)15-8-5-14(12-20-4)17(11-15)13-6-9-16(19)10-7-13/h6-7,9-10,14-15,17,20H,5,8,11-12H2,1-4H3. The van der Waals surface area contributed by atoms with Gasteiger partial charge >= 0.3 is 0 Å². The number of halogens is 1. The molecule has 1 aliphatic carbocycles. The molecule has 0 radical (unpaired) electrons. The molecule has 1 nitrogen and oxygen atoms in total. The predicted molar refractivity (Wildman–Crippen MR) is 83.4 cm³/mol. The van der Waals surface area contributed by atoms with Gasteiger partial charge in [-0.1, -0.05) is 32.9 Å². The second-order valence-electron chi connectivity index (χ2n) is 7.35. The van der Waals surface area contributed by atoms with Crippen LogP contribution >= 0.6 is 0 Å². The van der Waals surface area contributed by atoms with Crippen molar-refractivity contribution in [3.05, 3.63) is 35.6 Å². The van der Waals surface area contributed by atoms with Crippen molar-refractivity contribution in [2.45, 2.75) is 46.0 Å². The Hall–Kier alpha value is -0.890. The Morgan fingerprint density at radius 1 is 1.15 bits per heavy atom. The minimum Gasteiger partial charge on any atom is -0.319 e. The summed E-state index contributed by atoms with van der Waals surface area (Å²) in [5.74, 6) is 1.85. The van der Waals surface area contributed by atoms with Gasteiger partial charge in [0.25, 0.3) is 0 Å². The highest BCUT2D eigenvalue weighted by Crippen LogP contribution is 2.46. The lowest BCUT2D eigenvalue weighted by atomic mass is 9.64. The molecule has 3 unspecified atom stereocenters. The topological polar surface area (TPSA) is 12.0 Å². The second kappa shape index (κ2) is 6.26. The number of hydrogen-bond donors (Lipinski definition) is 1. The molecular formula is C18H28FN. The summed E-state index contributed by atoms with van der Waals surface area (Å²) in [7, 11) is 2.03. The highest BCUT2D eigenvalue weighted by atomic mass is 19.1. The second-order valence-corrected chi connectivity index (χ2v) is 7.35. The molecule has 20 heavy (non-hydrogen) atoms. The van der Waals surface area contributed by atoms with E-state index in [0.29, 0.717) is 17.3 Å². The molecule has 1 aromatic carbocycles. The maximum absolute atomic E-state index is 13.2. The molecule has 0 aliphatic heterocycles. The Kier molecular flexibility index (Phi) is 4.85. The lowest BCUT2D eigenvalue weighted by Gasteiger charge is -2.42. The van der Waals surface area contributed by atoms with E-state index in [4.69, 9.17) is 0 Å². The minimum absolute atomic E-state index is 0.137. The number of benzene rings is 1. The van der Waals surface area contributed by atoms with Gasteiger partial charge in [0.2, 0.25) is 0 Å². The van der Waals surface area contributed by atoms with Gasteiger partial charge in [0.1, 0.15) is 5.82 Å². The van der Waals surface area contributed by atoms with Crippen molar-refractivity contribution in [3.63, 3.8) is 0 Å². The first-order valence-corrected chi connectivity index (χ1v) is 7.82. The number of hydrogen-bond acceptors (Lipinski definition) is 1. The van der Waals surface area contributed by atoms with Gasteiger partial charge in [0.15, 0.2) is 0 Å². The maximum Gasteiger partial charge on any atom is 0.123 e. The smallest absolute Gasteiger partial charge is 0.123 e. The summed E-state index contributed by atoms with van der Waals surface area (Å²) < 4.78 is 13.2. The van der Waals surface area contributed by atoms with Crippen molar-refractivity contribution in [2.24, 2.45) is 17.3 Å². The maximum atomic E-state index is 13.2. The average molecular weight is 277 g/mol. The van der Waals surface area contributed by atoms with Crippen LogP contribution in [0.4, 0.5) is 4.39 Å². The van der Waals surface area contributed by atoms with Crippen molar-refractivity contribution in [1.82, 2.24) is 5.32 Å². The fourth-order valence-electron chi connectivity index (χ4n) is 3.64. The highest BCUT2D eigenvalue weighted by molar-refractivity contribution is 5.22. The summed E-state index contributed by atoms with van der Waals surface area (Å²) in [5.41, 5.74) is 1.67. The van der Waals surface area contributed by atoms with Gasteiger partial charge in [-0.25, -0.2) is 4.39 Å². The summed E-state index contributed by atoms with van der Waals surface area (Å²) in [6.07, 6.45) is 3.81. The van der Waals surface area contributed by atoms with Gasteiger partial charge in [-0.15, -0.1) is 0 Å². The van der Waals surface area contributed by atoms with Gasteiger partial charge in [-0.3, -0.25) is 0 Å². The predicted octanol–water partition coefficient (Wildman–Crippen LogP) is 4.59. The Bertz CT molecular complexity index is 418. The summed E-state index contributed by atoms with van der Waals surface area (Å²) in [4.78, 5) is 0. The van der Waals surface area contributed by atoms with Crippen molar-refractivity contribution in [1.29, 1.82) is 0 Å². The van der Waals surface area contributed by atoms with Crippen LogP contribution in [0.25, 0.3) is 0 Å². The van der Waals surface area contributed by atoms with Gasteiger partial charge in [-0.2, -0.15) is 0 Å². The van der Waals surface area contributed by atoms with E-state index >= 15 is 0 Å². The molecule has 1 saturated carbocycles. The summed E-state index contributed by atoms with van der Waals surface area (Å²) >= 11 is 0. The van der Waals surface area contributed by atoms with E-state index in [-0.39, 0.29) is 5.82 Å². The lowest BCUT2D eigenvalue weighted by molar-refractivity contribution is 0.130. The molecule has 3 atom stereocenters. The van der Waals surface area contributed by atoms with Crippen molar-refractivity contribution >= 4 is 0 Å². The third-order valence-corrected chi connectivity index (χ3v) is 4.98. The SMILES string of the molecule is CNCC1CCC(C(C)(C)C)CC1c1ccc(F)cc1. The summed E-state index contributed by atoms with van der Waals surface area (Å²) in [6.45, 7) is 8.09. The van der Waals surface area contributed by atoms with Gasteiger partial charge in [0.05, 0.1) is 0 Å². The van der Waals surface area contributed by atoms with Crippen LogP contribution in [-0.2, 0) is 0 Å². The molecule has 112 valence electrons. The Labute approximate surface area is 123 Å². The summed E-state index contributed by atoms with van der Waals surface area (Å²) in [6, 6.07) is 7.17. The van der Waals surface area contributed by atoms with E-state index in [9.17, 15) is 4.39 Å². The Morgan fingerprint density at radius 2 is 1.80 bits per heavy atom. The Morgan fingerprint density at radius 3 is 2.35 bits per heavy atom. The molecule has 1 fully saturated rings. The zero-order valence-electron chi connectivity index (χ0n) is 13.2. The van der Waals surface area contributed by atoms with Gasteiger partial charge in [0, 0.05) is 0 Å². The first-order chi connectivity index (χ1) is 9.41. The first kappa shape index (κ1) is 15.5. The van der Waals surface area contributed by atoms with Crippen molar-refractivity contribution in [2.75, 3.05) is 13.6 Å². The molecule has 0 amide bonds. The van der Waals surface area contributed by atoms with Crippen LogP contribution in [0.5, 0.6) is 0 Å². The fourth-order valence-corrected chi connectivity index (χ4v) is 3.64. The Balaban J connectivity index is 2.20. The molecule has 2 heteroatoms. The van der Waals surface area contributed by atoms with Crippen LogP contribution in [0, 0.1) is 23.1 Å². The molecule has 0 spiro atoms. The third-order valence-electron chi connectivity index (χ3n) is 4.98. The van der Waals surface area contributed by atoms with Crippen molar-refractivity contribution in [3.8, 4) is 0 Å². The zero-order chi connectivity index (χ0) is 14.8. The minimum atomic E-state index is -0.137. The van der Waals surface area contributed by atoms with E-state index in [1.165, 1.54) is 24.8 Å². The molecule has 0 saturated heterocycles. The molecule has 0 bridgehead atoms. The van der Waals surface area contributed by atoms with E-state index in [0.717, 1.165) is 12.5 Å². The van der Waals surface area contributed by atoms with Crippen LogP contribution < -0.4 is 5.32 Å². The highest BCUT2D eigenvalue weighted by Gasteiger charge is 2.36. The van der Waals surface area contributed by atoms with Gasteiger partial charge in [-0.05, 0) is 73.7 Å². The number of rotatable bonds is 3. The van der Waals surface area contributed by atoms with Crippen LogP contribution in [0.1, 0.15) is 51.5 Å². The van der Waals surface area contributed by atoms with Crippen LogP contribution in [0.15, 0.2) is 24.3 Å². The normalized spacial score (nSPS) is 27.6. The van der Waals surface area contributed by atoms with Crippen molar-refractivity contribution < 1.29 is 4.39 Å². The van der Waals surface area contributed by atoms with E-state index in [1.807, 2.05) is 19.2 Å². The fraction of sp³-hybridized carbons (Fsp3) is 0.667. The van der Waals surface area contributed by atoms with E-state index < -0.39 is 0 Å². The van der Waals surface area contributed by atoms with Crippen LogP contribution in [0.3, 0.4) is 0 Å². The third kappa shape index (κ3) is 3.60. The lowest BCUT2D eigenvalue weighted by Crippen LogP contribution is -2.34.